The van der Waals surface area contributed by atoms with E-state index in [2.05, 4.69) is 15.5 Å². The summed E-state index contributed by atoms with van der Waals surface area (Å²) in [7, 11) is 0. The molecule has 10 heavy (non-hydrogen) atoms. The Morgan fingerprint density at radius 3 is 3.10 bits per heavy atom. The molecule has 0 N–H and O–H groups in total. The molecule has 0 aliphatic heterocycles. The molecule has 5 nitrogen and oxygen atoms in total. The van der Waals surface area contributed by atoms with Gasteiger partial charge < -0.3 is 4.74 Å². The van der Waals surface area contributed by atoms with Crippen LogP contribution in [0, 0.1) is 0 Å². The first-order valence-electron chi connectivity index (χ1n) is 3.22. The van der Waals surface area contributed by atoms with Crippen molar-refractivity contribution in [3.63, 3.8) is 0 Å². The van der Waals surface area contributed by atoms with Crippen LogP contribution in [0.5, 0.6) is 0 Å². The highest BCUT2D eigenvalue weighted by Crippen LogP contribution is 1.79. The van der Waals surface area contributed by atoms with E-state index in [1.807, 2.05) is 6.92 Å². The van der Waals surface area contributed by atoms with E-state index in [-0.39, 0.29) is 0 Å². The zero-order chi connectivity index (χ0) is 7.23. The summed E-state index contributed by atoms with van der Waals surface area (Å²) in [4.78, 5) is 0. The molecular formula is C5H10N4O. The first kappa shape index (κ1) is 7.14. The van der Waals surface area contributed by atoms with E-state index in [1.54, 1.807) is 11.0 Å². The normalized spacial score (nSPS) is 10.1. The third-order valence-corrected chi connectivity index (χ3v) is 1.06. The second-order valence-corrected chi connectivity index (χ2v) is 1.77. The predicted molar refractivity (Wildman–Crippen MR) is 34.3 cm³/mol. The van der Waals surface area contributed by atoms with Gasteiger partial charge in [-0.2, -0.15) is 0 Å². The second-order valence-electron chi connectivity index (χ2n) is 1.77. The molecule has 0 spiro atoms. The van der Waals surface area contributed by atoms with Crippen molar-refractivity contribution in [3.8, 4) is 0 Å². The summed E-state index contributed by atoms with van der Waals surface area (Å²) in [5.74, 6) is 0. The first-order chi connectivity index (χ1) is 4.93. The fourth-order valence-electron chi connectivity index (χ4n) is 0.585. The maximum atomic E-state index is 5.09. The van der Waals surface area contributed by atoms with E-state index in [1.165, 1.54) is 0 Å². The summed E-state index contributed by atoms with van der Waals surface area (Å²) in [6.45, 7) is 4.09. The minimum atomic E-state index is 0.668. The molecular weight excluding hydrogens is 132 g/mol. The van der Waals surface area contributed by atoms with Gasteiger partial charge in [0.15, 0.2) is 0 Å². The first-order valence-corrected chi connectivity index (χ1v) is 3.22. The van der Waals surface area contributed by atoms with Gasteiger partial charge in [-0.05, 0) is 17.4 Å². The van der Waals surface area contributed by atoms with Crippen LogP contribution in [0.1, 0.15) is 6.92 Å². The van der Waals surface area contributed by atoms with Crippen molar-refractivity contribution in [2.75, 3.05) is 13.2 Å². The highest BCUT2D eigenvalue weighted by Gasteiger charge is 1.89. The second kappa shape index (κ2) is 3.94. The molecule has 0 fully saturated rings. The summed E-state index contributed by atoms with van der Waals surface area (Å²) in [5, 5.41) is 10.6. The van der Waals surface area contributed by atoms with Crippen molar-refractivity contribution in [2.45, 2.75) is 13.5 Å². The van der Waals surface area contributed by atoms with E-state index in [0.29, 0.717) is 6.61 Å². The van der Waals surface area contributed by atoms with Crippen molar-refractivity contribution < 1.29 is 4.74 Å². The fraction of sp³-hybridized carbons (Fsp3) is 0.800. The largest absolute Gasteiger partial charge is 0.380 e. The van der Waals surface area contributed by atoms with E-state index < -0.39 is 0 Å². The van der Waals surface area contributed by atoms with Crippen molar-refractivity contribution >= 4 is 0 Å². The van der Waals surface area contributed by atoms with E-state index in [0.717, 1.165) is 13.2 Å². The maximum absolute atomic E-state index is 5.09. The van der Waals surface area contributed by atoms with Crippen molar-refractivity contribution in [3.05, 3.63) is 6.33 Å². The highest BCUT2D eigenvalue weighted by molar-refractivity contribution is 4.44. The number of tetrazole rings is 1. The molecule has 0 atom stereocenters. The van der Waals surface area contributed by atoms with Gasteiger partial charge in [-0.1, -0.05) is 0 Å². The lowest BCUT2D eigenvalue weighted by Gasteiger charge is -1.97. The van der Waals surface area contributed by atoms with Crippen LogP contribution >= 0.6 is 0 Å². The topological polar surface area (TPSA) is 52.8 Å². The van der Waals surface area contributed by atoms with Crippen LogP contribution in [0.4, 0.5) is 0 Å². The van der Waals surface area contributed by atoms with Gasteiger partial charge in [0.05, 0.1) is 13.2 Å². The summed E-state index contributed by atoms with van der Waals surface area (Å²) in [5.41, 5.74) is 0. The van der Waals surface area contributed by atoms with Crippen molar-refractivity contribution in [1.29, 1.82) is 0 Å². The lowest BCUT2D eigenvalue weighted by atomic mass is 10.7. The molecule has 0 saturated carbocycles. The lowest BCUT2D eigenvalue weighted by Crippen LogP contribution is -2.06. The lowest BCUT2D eigenvalue weighted by molar-refractivity contribution is 0.136. The number of nitrogens with zero attached hydrogens (tertiary/aromatic N) is 4. The van der Waals surface area contributed by atoms with Crippen LogP contribution in [-0.2, 0) is 11.3 Å². The molecule has 0 saturated heterocycles. The molecule has 1 aromatic heterocycles. The van der Waals surface area contributed by atoms with Gasteiger partial charge in [0.1, 0.15) is 6.33 Å². The van der Waals surface area contributed by atoms with Gasteiger partial charge in [-0.15, -0.1) is 5.10 Å². The Hall–Kier alpha value is -0.970. The molecule has 0 unspecified atom stereocenters. The monoisotopic (exact) mass is 142 g/mol. The van der Waals surface area contributed by atoms with E-state index in [9.17, 15) is 0 Å². The standard InChI is InChI=1S/C5H10N4O/c1-2-10-4-3-9-5-6-7-8-9/h5H,2-4H2,1H3. The van der Waals surface area contributed by atoms with Crippen LogP contribution in [0.3, 0.4) is 0 Å². The van der Waals surface area contributed by atoms with Crippen LogP contribution < -0.4 is 0 Å². The smallest absolute Gasteiger partial charge is 0.138 e. The molecule has 0 aromatic carbocycles. The minimum Gasteiger partial charge on any atom is -0.380 e. The average molecular weight is 142 g/mol. The Labute approximate surface area is 59.0 Å². The van der Waals surface area contributed by atoms with Gasteiger partial charge in [0, 0.05) is 6.61 Å². The summed E-state index contributed by atoms with van der Waals surface area (Å²) in [6, 6.07) is 0. The average Bonchev–Trinajstić information content (AvgIpc) is 2.41. The van der Waals surface area contributed by atoms with Gasteiger partial charge in [0.2, 0.25) is 0 Å². The molecule has 0 amide bonds. The molecule has 0 bridgehead atoms. The highest BCUT2D eigenvalue weighted by atomic mass is 16.5. The Kier molecular flexibility index (Phi) is 2.82. The zero-order valence-electron chi connectivity index (χ0n) is 5.90. The maximum Gasteiger partial charge on any atom is 0.138 e. The predicted octanol–water partition coefficient (Wildman–Crippen LogP) is -0.290. The van der Waals surface area contributed by atoms with Crippen LogP contribution in [0.15, 0.2) is 6.33 Å². The minimum absolute atomic E-state index is 0.668. The summed E-state index contributed by atoms with van der Waals surface area (Å²) >= 11 is 0. The third kappa shape index (κ3) is 2.10. The van der Waals surface area contributed by atoms with Crippen LogP contribution in [0.25, 0.3) is 0 Å². The molecule has 1 rings (SSSR count). The number of hydrogen-bond donors (Lipinski definition) is 0. The molecule has 0 aliphatic rings. The number of aromatic nitrogens is 4. The number of ether oxygens (including phenoxy) is 1. The molecule has 1 heterocycles. The molecule has 56 valence electrons. The summed E-state index contributed by atoms with van der Waals surface area (Å²) < 4.78 is 6.72. The Balaban J connectivity index is 2.15. The Bertz CT molecular complexity index is 162. The van der Waals surface area contributed by atoms with Gasteiger partial charge >= 0.3 is 0 Å². The molecule has 0 radical (unpaired) electrons. The molecule has 0 aliphatic carbocycles. The fourth-order valence-corrected chi connectivity index (χ4v) is 0.585. The number of rotatable bonds is 4. The Morgan fingerprint density at radius 1 is 1.60 bits per heavy atom. The van der Waals surface area contributed by atoms with E-state index >= 15 is 0 Å². The van der Waals surface area contributed by atoms with Crippen molar-refractivity contribution in [1.82, 2.24) is 20.2 Å². The number of hydrogen-bond acceptors (Lipinski definition) is 4. The molecule has 5 heteroatoms. The third-order valence-electron chi connectivity index (χ3n) is 1.06. The Morgan fingerprint density at radius 2 is 2.50 bits per heavy atom. The van der Waals surface area contributed by atoms with Gasteiger partial charge in [0.25, 0.3) is 0 Å². The van der Waals surface area contributed by atoms with Gasteiger partial charge in [-0.25, -0.2) is 4.68 Å². The van der Waals surface area contributed by atoms with Gasteiger partial charge in [-0.3, -0.25) is 0 Å². The summed E-state index contributed by atoms with van der Waals surface area (Å²) in [6.07, 6.45) is 1.57. The SMILES string of the molecule is CCOCCn1cnnn1. The van der Waals surface area contributed by atoms with Crippen molar-refractivity contribution in [2.24, 2.45) is 0 Å². The van der Waals surface area contributed by atoms with Crippen LogP contribution in [0.2, 0.25) is 0 Å². The van der Waals surface area contributed by atoms with E-state index in [4.69, 9.17) is 4.74 Å². The zero-order valence-corrected chi connectivity index (χ0v) is 5.90. The quantitative estimate of drug-likeness (QED) is 0.542. The van der Waals surface area contributed by atoms with Crippen LogP contribution in [-0.4, -0.2) is 33.4 Å². The molecule has 1 aromatic rings.